The van der Waals surface area contributed by atoms with Crippen molar-refractivity contribution in [2.75, 3.05) is 12.3 Å². The molecule has 1 aromatic carbocycles. The minimum Gasteiger partial charge on any atom is -0.0620 e. The fraction of sp³-hybridized carbons (Fsp3) is 0.500. The van der Waals surface area contributed by atoms with E-state index in [9.17, 15) is 0 Å². The molecule has 1 aromatic rings. The first-order chi connectivity index (χ1) is 6.73. The van der Waals surface area contributed by atoms with Crippen molar-refractivity contribution >= 4 is 26.8 Å². The molecule has 0 bridgehead atoms. The lowest BCUT2D eigenvalue weighted by Gasteiger charge is -2.18. The molecule has 2 heteroatoms. The van der Waals surface area contributed by atoms with Crippen LogP contribution in [0.3, 0.4) is 0 Å². The van der Waals surface area contributed by atoms with Gasteiger partial charge in [0.05, 0.1) is 12.3 Å². The predicted octanol–water partition coefficient (Wildman–Crippen LogP) is 4.46. The lowest BCUT2D eigenvalue weighted by molar-refractivity contribution is 1.06. The molecule has 0 aliphatic carbocycles. The van der Waals surface area contributed by atoms with Crippen molar-refractivity contribution < 1.29 is 0 Å². The Morgan fingerprint density at radius 2 is 1.50 bits per heavy atom. The molecule has 0 spiro atoms. The van der Waals surface area contributed by atoms with Gasteiger partial charge < -0.3 is 0 Å². The van der Waals surface area contributed by atoms with Crippen molar-refractivity contribution in [2.24, 2.45) is 0 Å². The van der Waals surface area contributed by atoms with Crippen LogP contribution in [0.15, 0.2) is 30.3 Å². The zero-order valence-corrected chi connectivity index (χ0v) is 11.5. The predicted molar refractivity (Wildman–Crippen MR) is 72.2 cm³/mol. The van der Waals surface area contributed by atoms with Crippen molar-refractivity contribution in [1.29, 1.82) is 0 Å². The molecule has 0 saturated heterocycles. The van der Waals surface area contributed by atoms with Crippen LogP contribution in [0.4, 0.5) is 0 Å². The van der Waals surface area contributed by atoms with Gasteiger partial charge in [0.25, 0.3) is 0 Å². The largest absolute Gasteiger partial charge is 0.144 e. The average molecular weight is 274 g/mol. The zero-order valence-electron chi connectivity index (χ0n) is 9.04. The molecule has 0 amide bonds. The van der Waals surface area contributed by atoms with Crippen LogP contribution in [0.2, 0.25) is 0 Å². The Hall–Kier alpha value is 0.130. The van der Waals surface area contributed by atoms with Gasteiger partial charge in [-0.2, -0.15) is 0 Å². The van der Waals surface area contributed by atoms with Gasteiger partial charge in [-0.05, 0) is 25.0 Å². The van der Waals surface area contributed by atoms with E-state index in [0.717, 1.165) is 0 Å². The molecule has 0 saturated carbocycles. The van der Waals surface area contributed by atoms with Crippen LogP contribution in [0.5, 0.6) is 0 Å². The summed E-state index contributed by atoms with van der Waals surface area (Å²) in [5.41, 5.74) is 0. The molecular formula is C12H19BrP+. The quantitative estimate of drug-likeness (QED) is 0.695. The minimum absolute atomic E-state index is 1.01. The Labute approximate surface area is 96.2 Å². The molecule has 0 aliphatic rings. The Kier molecular flexibility index (Phi) is 5.12. The van der Waals surface area contributed by atoms with Crippen molar-refractivity contribution in [3.63, 3.8) is 0 Å². The van der Waals surface area contributed by atoms with Crippen molar-refractivity contribution in [2.45, 2.75) is 26.7 Å². The Morgan fingerprint density at radius 1 is 1.00 bits per heavy atom. The highest BCUT2D eigenvalue weighted by atomic mass is 79.9. The molecule has 0 heterocycles. The first-order valence-electron chi connectivity index (χ1n) is 5.35. The number of rotatable bonds is 5. The van der Waals surface area contributed by atoms with Crippen molar-refractivity contribution in [1.82, 2.24) is 0 Å². The molecule has 0 nitrogen and oxygen atoms in total. The van der Waals surface area contributed by atoms with Crippen LogP contribution in [0.1, 0.15) is 26.7 Å². The monoisotopic (exact) mass is 273 g/mol. The van der Waals surface area contributed by atoms with Crippen LogP contribution in [-0.2, 0) is 0 Å². The first-order valence-corrected chi connectivity index (χ1v) is 9.53. The van der Waals surface area contributed by atoms with E-state index >= 15 is 0 Å². The number of halogens is 1. The van der Waals surface area contributed by atoms with Crippen LogP contribution in [0.25, 0.3) is 0 Å². The van der Waals surface area contributed by atoms with E-state index in [2.05, 4.69) is 59.7 Å². The maximum absolute atomic E-state index is 4.03. The van der Waals surface area contributed by atoms with E-state index < -0.39 is 5.96 Å². The molecule has 78 valence electrons. The smallest absolute Gasteiger partial charge is 0.0620 e. The summed E-state index contributed by atoms with van der Waals surface area (Å²) < 4.78 is 0. The third-order valence-corrected chi connectivity index (χ3v) is 9.27. The maximum Gasteiger partial charge on any atom is 0.144 e. The lowest BCUT2D eigenvalue weighted by Crippen LogP contribution is -2.11. The van der Waals surface area contributed by atoms with E-state index in [0.29, 0.717) is 0 Å². The first kappa shape index (κ1) is 12.2. The SMILES string of the molecule is CCC[P+](Br)(CCC)c1ccccc1. The minimum atomic E-state index is -1.01. The van der Waals surface area contributed by atoms with E-state index in [-0.39, 0.29) is 0 Å². The molecular weight excluding hydrogens is 255 g/mol. The Bertz CT molecular complexity index is 252. The van der Waals surface area contributed by atoms with Gasteiger partial charge in [0.15, 0.2) is 0 Å². The molecule has 0 atom stereocenters. The summed E-state index contributed by atoms with van der Waals surface area (Å²) in [6.45, 7) is 4.54. The van der Waals surface area contributed by atoms with Crippen molar-refractivity contribution in [3.05, 3.63) is 30.3 Å². The van der Waals surface area contributed by atoms with E-state index in [1.54, 1.807) is 0 Å². The van der Waals surface area contributed by atoms with Crippen LogP contribution < -0.4 is 5.30 Å². The second-order valence-electron chi connectivity index (χ2n) is 3.65. The second-order valence-corrected chi connectivity index (χ2v) is 10.9. The third kappa shape index (κ3) is 3.07. The summed E-state index contributed by atoms with van der Waals surface area (Å²) in [5, 5.41) is 1.53. The van der Waals surface area contributed by atoms with E-state index in [1.807, 2.05) is 0 Å². The summed E-state index contributed by atoms with van der Waals surface area (Å²) >= 11 is 4.03. The Morgan fingerprint density at radius 3 is 1.93 bits per heavy atom. The van der Waals surface area contributed by atoms with E-state index in [4.69, 9.17) is 0 Å². The fourth-order valence-electron chi connectivity index (χ4n) is 1.77. The number of hydrogen-bond donors (Lipinski definition) is 0. The molecule has 0 N–H and O–H groups in total. The van der Waals surface area contributed by atoms with E-state index in [1.165, 1.54) is 30.5 Å². The molecule has 14 heavy (non-hydrogen) atoms. The maximum atomic E-state index is 4.03. The normalized spacial score (nSPS) is 11.6. The number of hydrogen-bond acceptors (Lipinski definition) is 0. The highest BCUT2D eigenvalue weighted by Gasteiger charge is 2.35. The average Bonchev–Trinajstić information content (AvgIpc) is 2.20. The summed E-state index contributed by atoms with van der Waals surface area (Å²) in [7, 11) is 0. The number of benzene rings is 1. The molecule has 0 unspecified atom stereocenters. The standard InChI is InChI=1S/C12H19BrP/c1-3-10-14(13,11-4-2)12-8-6-5-7-9-12/h5-9H,3-4,10-11H2,1-2H3/q+1. The van der Waals surface area contributed by atoms with Gasteiger partial charge in [-0.1, -0.05) is 32.0 Å². The van der Waals surface area contributed by atoms with Gasteiger partial charge in [-0.15, -0.1) is 0 Å². The summed E-state index contributed by atoms with van der Waals surface area (Å²) in [6.07, 6.45) is 5.19. The molecule has 0 aliphatic heterocycles. The highest BCUT2D eigenvalue weighted by Crippen LogP contribution is 2.65. The van der Waals surface area contributed by atoms with Crippen molar-refractivity contribution in [3.8, 4) is 0 Å². The highest BCUT2D eigenvalue weighted by molar-refractivity contribution is 9.43. The summed E-state index contributed by atoms with van der Waals surface area (Å²) in [5.74, 6) is -1.01. The molecule has 0 fully saturated rings. The van der Waals surface area contributed by atoms with Gasteiger partial charge in [-0.3, -0.25) is 0 Å². The zero-order chi connectivity index (χ0) is 10.4. The van der Waals surface area contributed by atoms with Gasteiger partial charge in [0.1, 0.15) is 26.8 Å². The molecule has 1 rings (SSSR count). The molecule has 0 radical (unpaired) electrons. The summed E-state index contributed by atoms with van der Waals surface area (Å²) in [4.78, 5) is 0. The summed E-state index contributed by atoms with van der Waals surface area (Å²) in [6, 6.07) is 10.9. The van der Waals surface area contributed by atoms with Crippen LogP contribution >= 0.6 is 21.5 Å². The Balaban J connectivity index is 2.87. The second kappa shape index (κ2) is 5.88. The van der Waals surface area contributed by atoms with Gasteiger partial charge in [-0.25, -0.2) is 0 Å². The van der Waals surface area contributed by atoms with Crippen LogP contribution in [0, 0.1) is 0 Å². The van der Waals surface area contributed by atoms with Gasteiger partial charge in [0, 0.05) is 0 Å². The topological polar surface area (TPSA) is 0 Å². The third-order valence-electron chi connectivity index (χ3n) is 2.38. The lowest BCUT2D eigenvalue weighted by atomic mass is 10.4. The fourth-order valence-corrected chi connectivity index (χ4v) is 7.48. The van der Waals surface area contributed by atoms with Gasteiger partial charge in [0.2, 0.25) is 0 Å². The van der Waals surface area contributed by atoms with Crippen LogP contribution in [-0.4, -0.2) is 12.3 Å². The molecule has 0 aromatic heterocycles. The van der Waals surface area contributed by atoms with Gasteiger partial charge >= 0.3 is 0 Å².